The number of ether oxygens (including phenoxy) is 2. The van der Waals surface area contributed by atoms with Crippen molar-refractivity contribution in [1.82, 2.24) is 15.1 Å². The van der Waals surface area contributed by atoms with Crippen molar-refractivity contribution in [2.24, 2.45) is 7.05 Å². The van der Waals surface area contributed by atoms with Gasteiger partial charge in [-0.3, -0.25) is 4.68 Å². The molecule has 25 heavy (non-hydrogen) atoms. The SMILES string of the molecule is Cc1nn(C)c(N(C)C)c1CNC(C)c1ccc2c(c1)OCCCO2. The quantitative estimate of drug-likeness (QED) is 0.904. The van der Waals surface area contributed by atoms with E-state index in [9.17, 15) is 0 Å². The molecule has 0 amide bonds. The number of nitrogens with zero attached hydrogens (tertiary/aromatic N) is 3. The fourth-order valence-electron chi connectivity index (χ4n) is 3.28. The predicted octanol–water partition coefficient (Wildman–Crippen LogP) is 2.81. The topological polar surface area (TPSA) is 51.6 Å². The first-order chi connectivity index (χ1) is 12.0. The molecule has 0 fully saturated rings. The van der Waals surface area contributed by atoms with Crippen LogP contribution in [0.3, 0.4) is 0 Å². The Labute approximate surface area is 149 Å². The molecule has 1 atom stereocenters. The molecular formula is C19H28N4O2. The molecule has 0 saturated heterocycles. The van der Waals surface area contributed by atoms with E-state index in [0.717, 1.165) is 36.0 Å². The Morgan fingerprint density at radius 1 is 1.24 bits per heavy atom. The summed E-state index contributed by atoms with van der Waals surface area (Å²) in [6, 6.07) is 6.40. The average Bonchev–Trinajstić information content (AvgIpc) is 2.74. The molecular weight excluding hydrogens is 316 g/mol. The van der Waals surface area contributed by atoms with E-state index in [1.165, 1.54) is 11.1 Å². The summed E-state index contributed by atoms with van der Waals surface area (Å²) in [5.74, 6) is 2.82. The highest BCUT2D eigenvalue weighted by Crippen LogP contribution is 2.32. The lowest BCUT2D eigenvalue weighted by atomic mass is 10.1. The van der Waals surface area contributed by atoms with Crippen molar-refractivity contribution in [3.63, 3.8) is 0 Å². The molecule has 1 aromatic carbocycles. The zero-order chi connectivity index (χ0) is 18.0. The molecule has 0 bridgehead atoms. The van der Waals surface area contributed by atoms with Crippen LogP contribution in [0.25, 0.3) is 0 Å². The van der Waals surface area contributed by atoms with Gasteiger partial charge in [0.25, 0.3) is 0 Å². The number of fused-ring (bicyclic) bond motifs is 1. The fraction of sp³-hybridized carbons (Fsp3) is 0.526. The Morgan fingerprint density at radius 3 is 2.68 bits per heavy atom. The molecule has 2 aromatic rings. The van der Waals surface area contributed by atoms with Crippen LogP contribution in [0.2, 0.25) is 0 Å². The van der Waals surface area contributed by atoms with Gasteiger partial charge in [0.15, 0.2) is 11.5 Å². The van der Waals surface area contributed by atoms with E-state index in [0.29, 0.717) is 13.2 Å². The third-order valence-corrected chi connectivity index (χ3v) is 4.59. The Balaban J connectivity index is 1.73. The van der Waals surface area contributed by atoms with E-state index in [2.05, 4.69) is 41.3 Å². The van der Waals surface area contributed by atoms with Crippen LogP contribution in [-0.4, -0.2) is 37.1 Å². The summed E-state index contributed by atoms with van der Waals surface area (Å²) in [4.78, 5) is 2.11. The highest BCUT2D eigenvalue weighted by atomic mass is 16.5. The molecule has 0 aliphatic carbocycles. The Morgan fingerprint density at radius 2 is 1.96 bits per heavy atom. The molecule has 1 aliphatic heterocycles. The molecule has 0 spiro atoms. The average molecular weight is 344 g/mol. The summed E-state index contributed by atoms with van der Waals surface area (Å²) in [5.41, 5.74) is 3.48. The lowest BCUT2D eigenvalue weighted by Gasteiger charge is -2.19. The second-order valence-corrected chi connectivity index (χ2v) is 6.76. The lowest BCUT2D eigenvalue weighted by molar-refractivity contribution is 0.297. The van der Waals surface area contributed by atoms with Crippen LogP contribution in [0.15, 0.2) is 18.2 Å². The molecule has 1 N–H and O–H groups in total. The number of rotatable bonds is 5. The van der Waals surface area contributed by atoms with Crippen molar-refractivity contribution >= 4 is 5.82 Å². The first kappa shape index (κ1) is 17.6. The molecule has 136 valence electrons. The van der Waals surface area contributed by atoms with E-state index in [1.54, 1.807) is 0 Å². The first-order valence-electron chi connectivity index (χ1n) is 8.80. The molecule has 3 rings (SSSR count). The van der Waals surface area contributed by atoms with Gasteiger partial charge in [-0.1, -0.05) is 6.07 Å². The van der Waals surface area contributed by atoms with Gasteiger partial charge in [-0.25, -0.2) is 0 Å². The van der Waals surface area contributed by atoms with Crippen LogP contribution in [0, 0.1) is 6.92 Å². The zero-order valence-corrected chi connectivity index (χ0v) is 15.8. The van der Waals surface area contributed by atoms with Crippen LogP contribution in [0.1, 0.15) is 36.2 Å². The maximum atomic E-state index is 5.80. The highest BCUT2D eigenvalue weighted by Gasteiger charge is 2.17. The summed E-state index contributed by atoms with van der Waals surface area (Å²) in [6.07, 6.45) is 0.922. The number of anilines is 1. The minimum atomic E-state index is 0.201. The predicted molar refractivity (Wildman–Crippen MR) is 99.6 cm³/mol. The molecule has 0 saturated carbocycles. The monoisotopic (exact) mass is 344 g/mol. The van der Waals surface area contributed by atoms with Crippen molar-refractivity contribution in [2.75, 3.05) is 32.2 Å². The number of benzene rings is 1. The molecule has 2 heterocycles. The van der Waals surface area contributed by atoms with E-state index < -0.39 is 0 Å². The summed E-state index contributed by atoms with van der Waals surface area (Å²) in [7, 11) is 6.08. The van der Waals surface area contributed by atoms with E-state index in [1.807, 2.05) is 31.9 Å². The van der Waals surface area contributed by atoms with Gasteiger partial charge in [-0.2, -0.15) is 5.10 Å². The van der Waals surface area contributed by atoms with E-state index >= 15 is 0 Å². The Bertz CT molecular complexity index is 739. The van der Waals surface area contributed by atoms with Gasteiger partial charge in [0.2, 0.25) is 0 Å². The third-order valence-electron chi connectivity index (χ3n) is 4.59. The van der Waals surface area contributed by atoms with Crippen LogP contribution >= 0.6 is 0 Å². The zero-order valence-electron chi connectivity index (χ0n) is 15.8. The number of aromatic nitrogens is 2. The number of hydrogen-bond donors (Lipinski definition) is 1. The van der Waals surface area contributed by atoms with Crippen LogP contribution in [0.4, 0.5) is 5.82 Å². The summed E-state index contributed by atoms with van der Waals surface area (Å²) >= 11 is 0. The molecule has 6 heteroatoms. The second kappa shape index (κ2) is 7.35. The minimum absolute atomic E-state index is 0.201. The van der Waals surface area contributed by atoms with Gasteiger partial charge in [0.1, 0.15) is 5.82 Å². The normalized spacial score (nSPS) is 14.9. The molecule has 1 aliphatic rings. The smallest absolute Gasteiger partial charge is 0.161 e. The summed E-state index contributed by atoms with van der Waals surface area (Å²) < 4.78 is 13.4. The maximum Gasteiger partial charge on any atom is 0.161 e. The van der Waals surface area contributed by atoms with Gasteiger partial charge in [-0.15, -0.1) is 0 Å². The summed E-state index contributed by atoms with van der Waals surface area (Å²) in [6.45, 7) is 6.42. The van der Waals surface area contributed by atoms with Crippen molar-refractivity contribution < 1.29 is 9.47 Å². The number of aryl methyl sites for hydroxylation is 2. The van der Waals surface area contributed by atoms with Crippen molar-refractivity contribution in [1.29, 1.82) is 0 Å². The Kier molecular flexibility index (Phi) is 5.18. The van der Waals surface area contributed by atoms with Gasteiger partial charge >= 0.3 is 0 Å². The fourth-order valence-corrected chi connectivity index (χ4v) is 3.28. The number of hydrogen-bond acceptors (Lipinski definition) is 5. The van der Waals surface area contributed by atoms with Gasteiger partial charge in [0.05, 0.1) is 18.9 Å². The lowest BCUT2D eigenvalue weighted by Crippen LogP contribution is -2.21. The Hall–Kier alpha value is -2.21. The van der Waals surface area contributed by atoms with E-state index in [-0.39, 0.29) is 6.04 Å². The molecule has 1 aromatic heterocycles. The molecule has 1 unspecified atom stereocenters. The number of nitrogens with one attached hydrogen (secondary N) is 1. The van der Waals surface area contributed by atoms with Gasteiger partial charge in [-0.05, 0) is 31.5 Å². The second-order valence-electron chi connectivity index (χ2n) is 6.76. The minimum Gasteiger partial charge on any atom is -0.490 e. The largest absolute Gasteiger partial charge is 0.490 e. The van der Waals surface area contributed by atoms with Crippen LogP contribution < -0.4 is 19.7 Å². The molecule has 0 radical (unpaired) electrons. The standard InChI is InChI=1S/C19H28N4O2/c1-13(15-7-8-17-18(11-15)25-10-6-9-24-17)20-12-16-14(2)21-23(5)19(16)22(3)4/h7-8,11,13,20H,6,9-10,12H2,1-5H3. The van der Waals surface area contributed by atoms with Crippen molar-refractivity contribution in [2.45, 2.75) is 32.9 Å². The van der Waals surface area contributed by atoms with Crippen molar-refractivity contribution in [3.8, 4) is 11.5 Å². The third kappa shape index (κ3) is 3.74. The van der Waals surface area contributed by atoms with Gasteiger partial charge in [0, 0.05) is 45.7 Å². The van der Waals surface area contributed by atoms with E-state index in [4.69, 9.17) is 9.47 Å². The molecule has 6 nitrogen and oxygen atoms in total. The maximum absolute atomic E-state index is 5.80. The van der Waals surface area contributed by atoms with Crippen LogP contribution in [-0.2, 0) is 13.6 Å². The van der Waals surface area contributed by atoms with Crippen molar-refractivity contribution in [3.05, 3.63) is 35.0 Å². The summed E-state index contributed by atoms with van der Waals surface area (Å²) in [5, 5.41) is 8.16. The highest BCUT2D eigenvalue weighted by molar-refractivity contribution is 5.49. The first-order valence-corrected chi connectivity index (χ1v) is 8.80. The van der Waals surface area contributed by atoms with Crippen LogP contribution in [0.5, 0.6) is 11.5 Å². The van der Waals surface area contributed by atoms with Gasteiger partial charge < -0.3 is 19.7 Å².